The molecule has 0 aliphatic heterocycles. The molecule has 1 saturated carbocycles. The Morgan fingerprint density at radius 3 is 2.16 bits per heavy atom. The van der Waals surface area contributed by atoms with E-state index in [2.05, 4.69) is 4.98 Å². The summed E-state index contributed by atoms with van der Waals surface area (Å²) in [6, 6.07) is 21.9. The fraction of sp³-hybridized carbons (Fsp3) is 0.259. The van der Waals surface area contributed by atoms with Gasteiger partial charge in [0.2, 0.25) is 11.8 Å². The predicted molar refractivity (Wildman–Crippen MR) is 125 cm³/mol. The van der Waals surface area contributed by atoms with Gasteiger partial charge in [0.05, 0.1) is 24.7 Å². The summed E-state index contributed by atoms with van der Waals surface area (Å²) in [4.78, 5) is 9.34. The van der Waals surface area contributed by atoms with E-state index < -0.39 is 5.92 Å². The van der Waals surface area contributed by atoms with Crippen molar-refractivity contribution in [1.29, 1.82) is 0 Å². The Bertz CT molecular complexity index is 1040. The van der Waals surface area contributed by atoms with Gasteiger partial charge in [0.15, 0.2) is 0 Å². The maximum absolute atomic E-state index is 13.4. The number of allylic oxidation sites excluding steroid dienone is 1. The zero-order chi connectivity index (χ0) is 22.4. The number of aromatic nitrogens is 1. The molecule has 2 aromatic carbocycles. The number of hydrogen-bond acceptors (Lipinski definition) is 3. The molecular formula is C27H26F2N2O. The lowest BCUT2D eigenvalue weighted by Crippen LogP contribution is -2.23. The molecule has 32 heavy (non-hydrogen) atoms. The highest BCUT2D eigenvalue weighted by atomic mass is 19.3. The lowest BCUT2D eigenvalue weighted by Gasteiger charge is -2.26. The molecule has 1 fully saturated rings. The second-order valence-corrected chi connectivity index (χ2v) is 8.04. The molecule has 0 saturated heterocycles. The van der Waals surface area contributed by atoms with Crippen molar-refractivity contribution in [2.75, 3.05) is 7.11 Å². The fourth-order valence-corrected chi connectivity index (χ4v) is 3.92. The zero-order valence-electron chi connectivity index (χ0n) is 18.0. The highest BCUT2D eigenvalue weighted by Gasteiger charge is 2.33. The number of methoxy groups -OCH3 is 1. The first kappa shape index (κ1) is 21.9. The number of ether oxygens (including phenoxy) is 1. The molecule has 0 radical (unpaired) electrons. The van der Waals surface area contributed by atoms with Crippen molar-refractivity contribution in [1.82, 2.24) is 4.98 Å². The van der Waals surface area contributed by atoms with Gasteiger partial charge < -0.3 is 4.74 Å². The average molecular weight is 433 g/mol. The number of nitrogens with zero attached hydrogens (tertiary/aromatic N) is 2. The SMILES string of the molecule is COc1ncc(N=C(c2ccccc2)c2ccccc2)cc1C=CC1CCC(F)(F)CC1. The normalized spacial score (nSPS) is 16.1. The second-order valence-electron chi connectivity index (χ2n) is 8.04. The van der Waals surface area contributed by atoms with Crippen molar-refractivity contribution in [3.63, 3.8) is 0 Å². The van der Waals surface area contributed by atoms with Gasteiger partial charge in [-0.25, -0.2) is 18.8 Å². The fourth-order valence-electron chi connectivity index (χ4n) is 3.92. The van der Waals surface area contributed by atoms with Crippen molar-refractivity contribution in [2.24, 2.45) is 10.9 Å². The van der Waals surface area contributed by atoms with Crippen LogP contribution >= 0.6 is 0 Å². The summed E-state index contributed by atoms with van der Waals surface area (Å²) in [6.45, 7) is 0. The molecular weight excluding hydrogens is 406 g/mol. The molecule has 4 rings (SSSR count). The maximum atomic E-state index is 13.4. The van der Waals surface area contributed by atoms with Gasteiger partial charge in [0.25, 0.3) is 0 Å². The summed E-state index contributed by atoms with van der Waals surface area (Å²) in [5, 5.41) is 0. The Morgan fingerprint density at radius 1 is 1.00 bits per heavy atom. The third-order valence-corrected chi connectivity index (χ3v) is 5.70. The summed E-state index contributed by atoms with van der Waals surface area (Å²) in [7, 11) is 1.57. The first-order chi connectivity index (χ1) is 15.5. The third kappa shape index (κ3) is 5.47. The van der Waals surface area contributed by atoms with E-state index in [1.54, 1.807) is 13.3 Å². The van der Waals surface area contributed by atoms with E-state index in [0.717, 1.165) is 22.4 Å². The van der Waals surface area contributed by atoms with Gasteiger partial charge >= 0.3 is 0 Å². The van der Waals surface area contributed by atoms with Gasteiger partial charge in [-0.3, -0.25) is 0 Å². The molecule has 0 N–H and O–H groups in total. The Kier molecular flexibility index (Phi) is 6.74. The number of halogens is 2. The molecule has 164 valence electrons. The predicted octanol–water partition coefficient (Wildman–Crippen LogP) is 7.10. The van der Waals surface area contributed by atoms with Crippen LogP contribution in [0.4, 0.5) is 14.5 Å². The Labute approximate surface area is 187 Å². The lowest BCUT2D eigenvalue weighted by atomic mass is 9.86. The zero-order valence-corrected chi connectivity index (χ0v) is 18.0. The molecule has 3 nitrogen and oxygen atoms in total. The van der Waals surface area contributed by atoms with Crippen LogP contribution in [0.2, 0.25) is 0 Å². The van der Waals surface area contributed by atoms with Crippen LogP contribution in [-0.2, 0) is 0 Å². The first-order valence-corrected chi connectivity index (χ1v) is 10.8. The maximum Gasteiger partial charge on any atom is 0.248 e. The van der Waals surface area contributed by atoms with E-state index in [1.165, 1.54) is 0 Å². The smallest absolute Gasteiger partial charge is 0.248 e. The van der Waals surface area contributed by atoms with E-state index in [-0.39, 0.29) is 18.8 Å². The summed E-state index contributed by atoms with van der Waals surface area (Å²) in [6.07, 6.45) is 6.47. The van der Waals surface area contributed by atoms with E-state index in [9.17, 15) is 8.78 Å². The minimum Gasteiger partial charge on any atom is -0.481 e. The highest BCUT2D eigenvalue weighted by Crippen LogP contribution is 2.37. The molecule has 0 bridgehead atoms. The Morgan fingerprint density at radius 2 is 1.59 bits per heavy atom. The molecule has 1 aliphatic carbocycles. The summed E-state index contributed by atoms with van der Waals surface area (Å²) in [5.41, 5.74) is 4.35. The molecule has 0 atom stereocenters. The molecule has 1 heterocycles. The van der Waals surface area contributed by atoms with Crippen LogP contribution in [0.3, 0.4) is 0 Å². The molecule has 0 amide bonds. The summed E-state index contributed by atoms with van der Waals surface area (Å²) >= 11 is 0. The number of alkyl halides is 2. The highest BCUT2D eigenvalue weighted by molar-refractivity contribution is 6.13. The van der Waals surface area contributed by atoms with Gasteiger partial charge in [-0.2, -0.15) is 0 Å². The van der Waals surface area contributed by atoms with Gasteiger partial charge in [-0.1, -0.05) is 72.8 Å². The van der Waals surface area contributed by atoms with E-state index >= 15 is 0 Å². The summed E-state index contributed by atoms with van der Waals surface area (Å²) < 4.78 is 32.3. The largest absolute Gasteiger partial charge is 0.481 e. The van der Waals surface area contributed by atoms with Crippen LogP contribution in [0.1, 0.15) is 42.4 Å². The standard InChI is InChI=1S/C27H26F2N2O/c1-32-26-23(13-12-20-14-16-27(28,29)17-15-20)18-24(19-30-26)31-25(21-8-4-2-5-9-21)22-10-6-3-7-11-22/h2-13,18-20H,14-17H2,1H3. The molecule has 3 aromatic rings. The number of pyridine rings is 1. The van der Waals surface area contributed by atoms with Crippen LogP contribution < -0.4 is 4.74 Å². The van der Waals surface area contributed by atoms with Crippen LogP contribution in [0, 0.1) is 5.92 Å². The van der Waals surface area contributed by atoms with E-state index in [1.807, 2.05) is 78.9 Å². The van der Waals surface area contributed by atoms with Crippen molar-refractivity contribution < 1.29 is 13.5 Å². The number of hydrogen-bond donors (Lipinski definition) is 0. The van der Waals surface area contributed by atoms with Crippen molar-refractivity contribution in [3.05, 3.63) is 95.7 Å². The van der Waals surface area contributed by atoms with Crippen LogP contribution in [-0.4, -0.2) is 23.7 Å². The second kappa shape index (κ2) is 9.86. The Balaban J connectivity index is 1.66. The van der Waals surface area contributed by atoms with E-state index in [4.69, 9.17) is 9.73 Å². The molecule has 1 aliphatic rings. The molecule has 1 aromatic heterocycles. The molecule has 5 heteroatoms. The van der Waals surface area contributed by atoms with Crippen molar-refractivity contribution in [2.45, 2.75) is 31.6 Å². The van der Waals surface area contributed by atoms with Crippen molar-refractivity contribution >= 4 is 17.5 Å². The molecule has 0 spiro atoms. The monoisotopic (exact) mass is 432 g/mol. The molecule has 0 unspecified atom stereocenters. The first-order valence-electron chi connectivity index (χ1n) is 10.8. The number of rotatable bonds is 6. The quantitative estimate of drug-likeness (QED) is 0.389. The van der Waals surface area contributed by atoms with Crippen LogP contribution in [0.15, 0.2) is 84.0 Å². The van der Waals surface area contributed by atoms with Crippen LogP contribution in [0.5, 0.6) is 5.88 Å². The van der Waals surface area contributed by atoms with E-state index in [0.29, 0.717) is 24.4 Å². The topological polar surface area (TPSA) is 34.5 Å². The third-order valence-electron chi connectivity index (χ3n) is 5.70. The van der Waals surface area contributed by atoms with Crippen molar-refractivity contribution in [3.8, 4) is 5.88 Å². The minimum absolute atomic E-state index is 0.0563. The van der Waals surface area contributed by atoms with Gasteiger partial charge in [0, 0.05) is 29.5 Å². The van der Waals surface area contributed by atoms with Gasteiger partial charge in [-0.05, 0) is 24.8 Å². The van der Waals surface area contributed by atoms with Gasteiger partial charge in [0.1, 0.15) is 0 Å². The minimum atomic E-state index is -2.52. The van der Waals surface area contributed by atoms with Crippen LogP contribution in [0.25, 0.3) is 6.08 Å². The van der Waals surface area contributed by atoms with Gasteiger partial charge in [-0.15, -0.1) is 0 Å². The Hall–Kier alpha value is -3.34. The lowest BCUT2D eigenvalue weighted by molar-refractivity contribution is -0.0410. The summed E-state index contributed by atoms with van der Waals surface area (Å²) in [5.74, 6) is -1.90. The number of benzene rings is 2. The average Bonchev–Trinajstić information content (AvgIpc) is 2.83. The number of aliphatic imine (C=N–C) groups is 1.